The van der Waals surface area contributed by atoms with Crippen LogP contribution in [0, 0.1) is 34.5 Å². The second kappa shape index (κ2) is 7.25. The topological polar surface area (TPSA) is 77.5 Å². The van der Waals surface area contributed by atoms with Crippen molar-refractivity contribution in [1.82, 2.24) is 0 Å². The van der Waals surface area contributed by atoms with Crippen LogP contribution in [-0.4, -0.2) is 32.8 Å². The maximum atomic E-state index is 13.0. The lowest BCUT2D eigenvalue weighted by Gasteiger charge is -2.52. The highest BCUT2D eigenvalue weighted by Crippen LogP contribution is 2.60. The monoisotopic (exact) mass is 398 g/mol. The van der Waals surface area contributed by atoms with Gasteiger partial charge in [0.15, 0.2) is 0 Å². The molecule has 0 aliphatic heterocycles. The van der Waals surface area contributed by atoms with Crippen LogP contribution in [0.15, 0.2) is 0 Å². The molecule has 0 amide bonds. The van der Waals surface area contributed by atoms with Gasteiger partial charge in [-0.1, -0.05) is 20.8 Å². The second-order valence-corrected chi connectivity index (χ2v) is 11.4. The molecule has 0 radical (unpaired) electrons. The highest BCUT2D eigenvalue weighted by Gasteiger charge is 2.58. The van der Waals surface area contributed by atoms with Gasteiger partial charge in [-0.3, -0.25) is 13.8 Å². The molecule has 0 N–H and O–H groups in total. The molecule has 3 aliphatic rings. The first-order valence-corrected chi connectivity index (χ1v) is 12.2. The Morgan fingerprint density at radius 2 is 1.59 bits per heavy atom. The molecule has 5 nitrogen and oxygen atoms in total. The van der Waals surface area contributed by atoms with Crippen LogP contribution in [-0.2, 0) is 23.9 Å². The van der Waals surface area contributed by atoms with E-state index in [0.717, 1.165) is 38.4 Å². The van der Waals surface area contributed by atoms with E-state index in [1.165, 1.54) is 0 Å². The lowest BCUT2D eigenvalue weighted by Crippen LogP contribution is -2.51. The molecular weight excluding hydrogens is 364 g/mol. The van der Waals surface area contributed by atoms with Crippen molar-refractivity contribution in [3.05, 3.63) is 0 Å². The molecule has 0 aromatic heterocycles. The van der Waals surface area contributed by atoms with Gasteiger partial charge in [-0.15, -0.1) is 0 Å². The Morgan fingerprint density at radius 1 is 1.00 bits per heavy atom. The summed E-state index contributed by atoms with van der Waals surface area (Å²) in [6, 6.07) is 0. The lowest BCUT2D eigenvalue weighted by molar-refractivity contribution is -0.144. The van der Waals surface area contributed by atoms with E-state index < -0.39 is 10.1 Å². The molecule has 0 heterocycles. The standard InChI is InChI=1S/C21H34O5S/c1-14-7-10-21(3,19(23)13-14)17-8-11-20(2)16(5-6-18(20)22)15(17)9-12-26-27(4,24)25/h14-17H,5-13H2,1-4H3/t14-,15-,16-,17?,20-,21+/m0/s1. The molecule has 154 valence electrons. The average molecular weight is 399 g/mol. The van der Waals surface area contributed by atoms with E-state index in [-0.39, 0.29) is 35.2 Å². The molecule has 0 aromatic carbocycles. The number of carbonyl (C=O) groups excluding carboxylic acids is 2. The van der Waals surface area contributed by atoms with Crippen LogP contribution in [0.3, 0.4) is 0 Å². The summed E-state index contributed by atoms with van der Waals surface area (Å²) < 4.78 is 27.9. The van der Waals surface area contributed by atoms with Crippen molar-refractivity contribution < 1.29 is 22.2 Å². The molecule has 3 aliphatic carbocycles. The number of rotatable bonds is 5. The van der Waals surface area contributed by atoms with Crippen molar-refractivity contribution in [3.8, 4) is 0 Å². The summed E-state index contributed by atoms with van der Waals surface area (Å²) in [5.41, 5.74) is -0.664. The molecule has 0 spiro atoms. The van der Waals surface area contributed by atoms with Gasteiger partial charge in [0.2, 0.25) is 0 Å². The Hall–Kier alpha value is -0.750. The van der Waals surface area contributed by atoms with E-state index in [4.69, 9.17) is 4.18 Å². The first-order chi connectivity index (χ1) is 12.5. The average Bonchev–Trinajstić information content (AvgIpc) is 2.86. The van der Waals surface area contributed by atoms with Crippen molar-refractivity contribution in [1.29, 1.82) is 0 Å². The summed E-state index contributed by atoms with van der Waals surface area (Å²) >= 11 is 0. The molecule has 0 bridgehead atoms. The summed E-state index contributed by atoms with van der Waals surface area (Å²) in [4.78, 5) is 25.6. The highest BCUT2D eigenvalue weighted by atomic mass is 32.2. The zero-order chi connectivity index (χ0) is 20.0. The lowest BCUT2D eigenvalue weighted by atomic mass is 9.50. The quantitative estimate of drug-likeness (QED) is 0.659. The van der Waals surface area contributed by atoms with Crippen LogP contribution in [0.25, 0.3) is 0 Å². The minimum Gasteiger partial charge on any atom is -0.299 e. The minimum atomic E-state index is -3.48. The van der Waals surface area contributed by atoms with Gasteiger partial charge in [-0.05, 0) is 62.2 Å². The zero-order valence-electron chi connectivity index (χ0n) is 17.1. The number of ketones is 2. The van der Waals surface area contributed by atoms with Crippen LogP contribution in [0.4, 0.5) is 0 Å². The number of carbonyl (C=O) groups is 2. The van der Waals surface area contributed by atoms with Crippen molar-refractivity contribution in [2.75, 3.05) is 12.9 Å². The SMILES string of the molecule is C[C@H]1CC[C@](C)(C2CC[C@]3(C)C(=O)CC[C@H]3[C@@H]2CCOS(C)(=O)=O)C(=O)C1. The third-order valence-corrected chi connectivity index (χ3v) is 8.64. The number of hydrogen-bond donors (Lipinski definition) is 0. The Morgan fingerprint density at radius 3 is 2.22 bits per heavy atom. The van der Waals surface area contributed by atoms with E-state index in [9.17, 15) is 18.0 Å². The Labute approximate surface area is 163 Å². The third kappa shape index (κ3) is 3.89. The third-order valence-electron chi connectivity index (χ3n) is 8.04. The molecule has 27 heavy (non-hydrogen) atoms. The molecule has 0 saturated heterocycles. The molecule has 6 heteroatoms. The van der Waals surface area contributed by atoms with Crippen molar-refractivity contribution in [3.63, 3.8) is 0 Å². The predicted molar refractivity (Wildman–Crippen MR) is 104 cm³/mol. The predicted octanol–water partition coefficient (Wildman–Crippen LogP) is 3.76. The van der Waals surface area contributed by atoms with Crippen molar-refractivity contribution in [2.45, 2.75) is 72.1 Å². The van der Waals surface area contributed by atoms with E-state index >= 15 is 0 Å². The summed E-state index contributed by atoms with van der Waals surface area (Å²) in [6.07, 6.45) is 7.47. The van der Waals surface area contributed by atoms with Crippen LogP contribution in [0.1, 0.15) is 72.1 Å². The Bertz CT molecular complexity index is 714. The van der Waals surface area contributed by atoms with Gasteiger partial charge in [-0.2, -0.15) is 8.42 Å². The number of fused-ring (bicyclic) bond motifs is 1. The first kappa shape index (κ1) is 21.0. The molecule has 1 unspecified atom stereocenters. The van der Waals surface area contributed by atoms with Crippen molar-refractivity contribution in [2.24, 2.45) is 34.5 Å². The maximum Gasteiger partial charge on any atom is 0.264 e. The van der Waals surface area contributed by atoms with Crippen LogP contribution < -0.4 is 0 Å². The molecular formula is C21H34O5S. The summed E-state index contributed by atoms with van der Waals surface area (Å²) in [5, 5.41) is 0. The fourth-order valence-corrected chi connectivity index (χ4v) is 6.72. The Balaban J connectivity index is 1.87. The van der Waals surface area contributed by atoms with Gasteiger partial charge in [0, 0.05) is 23.7 Å². The molecule has 3 saturated carbocycles. The smallest absolute Gasteiger partial charge is 0.264 e. The summed E-state index contributed by atoms with van der Waals surface area (Å²) in [5.74, 6) is 1.75. The van der Waals surface area contributed by atoms with E-state index in [2.05, 4.69) is 20.8 Å². The molecule has 0 aromatic rings. The molecule has 6 atom stereocenters. The van der Waals surface area contributed by atoms with Gasteiger partial charge < -0.3 is 0 Å². The zero-order valence-corrected chi connectivity index (χ0v) is 17.9. The molecule has 3 rings (SSSR count). The fraction of sp³-hybridized carbons (Fsp3) is 0.905. The van der Waals surface area contributed by atoms with Crippen LogP contribution >= 0.6 is 0 Å². The summed E-state index contributed by atoms with van der Waals surface area (Å²) in [6.45, 7) is 6.49. The van der Waals surface area contributed by atoms with Crippen LogP contribution in [0.5, 0.6) is 0 Å². The van der Waals surface area contributed by atoms with E-state index in [1.807, 2.05) is 0 Å². The minimum absolute atomic E-state index is 0.140. The van der Waals surface area contributed by atoms with E-state index in [1.54, 1.807) is 0 Å². The normalized spacial score (nSPS) is 43.0. The fourth-order valence-electron chi connectivity index (χ4n) is 6.32. The maximum absolute atomic E-state index is 13.0. The van der Waals surface area contributed by atoms with Gasteiger partial charge in [0.05, 0.1) is 12.9 Å². The van der Waals surface area contributed by atoms with Gasteiger partial charge in [0.25, 0.3) is 10.1 Å². The highest BCUT2D eigenvalue weighted by molar-refractivity contribution is 7.85. The number of Topliss-reactive ketones (excluding diaryl/α,β-unsaturated/α-hetero) is 2. The van der Waals surface area contributed by atoms with Crippen molar-refractivity contribution >= 4 is 21.7 Å². The Kier molecular flexibility index (Phi) is 5.63. The van der Waals surface area contributed by atoms with Gasteiger partial charge in [-0.25, -0.2) is 0 Å². The van der Waals surface area contributed by atoms with Crippen LogP contribution in [0.2, 0.25) is 0 Å². The summed E-state index contributed by atoms with van der Waals surface area (Å²) in [7, 11) is -3.48. The van der Waals surface area contributed by atoms with Gasteiger partial charge in [0.1, 0.15) is 11.6 Å². The van der Waals surface area contributed by atoms with E-state index in [0.29, 0.717) is 36.7 Å². The number of hydrogen-bond acceptors (Lipinski definition) is 5. The molecule has 3 fully saturated rings. The second-order valence-electron chi connectivity index (χ2n) is 9.80. The first-order valence-electron chi connectivity index (χ1n) is 10.4. The largest absolute Gasteiger partial charge is 0.299 e. The van der Waals surface area contributed by atoms with Gasteiger partial charge >= 0.3 is 0 Å².